The van der Waals surface area contributed by atoms with Crippen molar-refractivity contribution in [1.29, 1.82) is 0 Å². The maximum atomic E-state index is 6.19. The Hall–Kier alpha value is -1.06. The summed E-state index contributed by atoms with van der Waals surface area (Å²) in [4.78, 5) is 0. The summed E-state index contributed by atoms with van der Waals surface area (Å²) < 4.78 is 7.29. The summed E-state index contributed by atoms with van der Waals surface area (Å²) in [6.07, 6.45) is 0. The molecule has 112 valence electrons. The van der Waals surface area contributed by atoms with Crippen LogP contribution in [0, 0.1) is 0 Å². The molecule has 21 heavy (non-hydrogen) atoms. The van der Waals surface area contributed by atoms with E-state index in [2.05, 4.69) is 92.3 Å². The minimum atomic E-state index is -1.14. The van der Waals surface area contributed by atoms with Crippen molar-refractivity contribution < 1.29 is 4.43 Å². The minimum absolute atomic E-state index is 0.134. The quantitative estimate of drug-likeness (QED) is 0.629. The van der Waals surface area contributed by atoms with E-state index in [1.807, 2.05) is 0 Å². The van der Waals surface area contributed by atoms with Gasteiger partial charge in [-0.05, 0) is 47.8 Å². The van der Waals surface area contributed by atoms with Gasteiger partial charge in [0.15, 0.2) is 0 Å². The Morgan fingerprint density at radius 1 is 0.952 bits per heavy atom. The molecule has 0 heterocycles. The Bertz CT molecular complexity index is 612. The van der Waals surface area contributed by atoms with Crippen LogP contribution in [-0.2, 0) is 5.41 Å². The monoisotopic (exact) mass is 362 g/mol. The molecule has 1 nitrogen and oxygen atoms in total. The molecule has 0 bridgehead atoms. The van der Waals surface area contributed by atoms with Crippen molar-refractivity contribution in [2.45, 2.75) is 39.3 Å². The highest BCUT2D eigenvalue weighted by molar-refractivity contribution is 9.10. The molecule has 0 amide bonds. The first-order valence-electron chi connectivity index (χ1n) is 7.34. The second kappa shape index (κ2) is 6.37. The first kappa shape index (κ1) is 16.3. The van der Waals surface area contributed by atoms with Crippen molar-refractivity contribution in [3.8, 4) is 16.9 Å². The molecule has 0 aromatic heterocycles. The zero-order valence-corrected chi connectivity index (χ0v) is 16.1. The third-order valence-electron chi connectivity index (χ3n) is 3.37. The molecule has 0 N–H and O–H groups in total. The topological polar surface area (TPSA) is 9.23 Å². The van der Waals surface area contributed by atoms with Crippen LogP contribution in [0.1, 0.15) is 26.3 Å². The van der Waals surface area contributed by atoms with E-state index in [9.17, 15) is 0 Å². The van der Waals surface area contributed by atoms with Gasteiger partial charge in [0, 0.05) is 10.0 Å². The summed E-state index contributed by atoms with van der Waals surface area (Å²) in [6.45, 7) is 11.1. The largest absolute Gasteiger partial charge is 0.547 e. The van der Waals surface area contributed by atoms with Crippen LogP contribution in [0.5, 0.6) is 5.75 Å². The highest BCUT2D eigenvalue weighted by Crippen LogP contribution is 2.35. The fourth-order valence-electron chi connectivity index (χ4n) is 2.21. The summed E-state index contributed by atoms with van der Waals surface area (Å²) in [5.41, 5.74) is 3.82. The molecule has 0 unspecified atom stereocenters. The highest BCUT2D eigenvalue weighted by Gasteiger charge is 2.17. The SMILES string of the molecule is C[SiH](C)Oc1cc(C(C)(C)C)ccc1-c1ccc(Br)cc1. The first-order chi connectivity index (χ1) is 9.77. The fraction of sp³-hybridized carbons (Fsp3) is 0.333. The van der Waals surface area contributed by atoms with Gasteiger partial charge in [0.25, 0.3) is 0 Å². The molecule has 2 aromatic carbocycles. The molecule has 0 fully saturated rings. The second-order valence-electron chi connectivity index (χ2n) is 6.63. The summed E-state index contributed by atoms with van der Waals surface area (Å²) in [5, 5.41) is 0. The van der Waals surface area contributed by atoms with Crippen LogP contribution in [0.4, 0.5) is 0 Å². The van der Waals surface area contributed by atoms with E-state index in [1.165, 1.54) is 16.7 Å². The fourth-order valence-corrected chi connectivity index (χ4v) is 3.18. The van der Waals surface area contributed by atoms with Crippen molar-refractivity contribution in [2.75, 3.05) is 0 Å². The Morgan fingerprint density at radius 2 is 1.57 bits per heavy atom. The van der Waals surface area contributed by atoms with Crippen molar-refractivity contribution in [3.05, 3.63) is 52.5 Å². The van der Waals surface area contributed by atoms with Crippen LogP contribution >= 0.6 is 15.9 Å². The zero-order chi connectivity index (χ0) is 15.6. The average Bonchev–Trinajstić information content (AvgIpc) is 2.38. The lowest BCUT2D eigenvalue weighted by Crippen LogP contribution is -2.15. The zero-order valence-electron chi connectivity index (χ0n) is 13.4. The maximum Gasteiger partial charge on any atom is 0.229 e. The number of benzene rings is 2. The molecule has 0 spiro atoms. The highest BCUT2D eigenvalue weighted by atomic mass is 79.9. The van der Waals surface area contributed by atoms with Crippen molar-refractivity contribution in [3.63, 3.8) is 0 Å². The Morgan fingerprint density at radius 3 is 2.10 bits per heavy atom. The number of halogens is 1. The first-order valence-corrected chi connectivity index (χ1v) is 10.9. The third kappa shape index (κ3) is 4.21. The Balaban J connectivity index is 2.51. The average molecular weight is 363 g/mol. The van der Waals surface area contributed by atoms with Gasteiger partial charge in [-0.2, -0.15) is 0 Å². The lowest BCUT2D eigenvalue weighted by molar-refractivity contribution is 0.562. The maximum absolute atomic E-state index is 6.19. The molecule has 0 saturated carbocycles. The number of hydrogen-bond donors (Lipinski definition) is 0. The lowest BCUT2D eigenvalue weighted by Gasteiger charge is -2.22. The van der Waals surface area contributed by atoms with Gasteiger partial charge >= 0.3 is 0 Å². The second-order valence-corrected chi connectivity index (χ2v) is 9.88. The van der Waals surface area contributed by atoms with Crippen LogP contribution in [0.3, 0.4) is 0 Å². The standard InChI is InChI=1S/C18H23BrOSi/c1-18(2,3)14-8-11-16(17(12-14)20-21(4)5)13-6-9-15(19)10-7-13/h6-12,21H,1-5H3. The van der Waals surface area contributed by atoms with Gasteiger partial charge in [0.05, 0.1) is 0 Å². The smallest absolute Gasteiger partial charge is 0.229 e. The molecule has 0 aliphatic carbocycles. The normalized spacial score (nSPS) is 11.8. The van der Waals surface area contributed by atoms with Crippen LogP contribution < -0.4 is 4.43 Å². The van der Waals surface area contributed by atoms with Gasteiger partial charge in [-0.3, -0.25) is 0 Å². The number of rotatable bonds is 3. The molecule has 0 aliphatic heterocycles. The summed E-state index contributed by atoms with van der Waals surface area (Å²) >= 11 is 3.49. The molecule has 0 aliphatic rings. The molecule has 2 aromatic rings. The van der Waals surface area contributed by atoms with E-state index in [0.717, 1.165) is 10.2 Å². The van der Waals surface area contributed by atoms with Gasteiger partial charge in [-0.25, -0.2) is 0 Å². The Labute approximate surface area is 138 Å². The van der Waals surface area contributed by atoms with E-state index >= 15 is 0 Å². The van der Waals surface area contributed by atoms with Gasteiger partial charge in [0.1, 0.15) is 5.75 Å². The van der Waals surface area contributed by atoms with E-state index in [-0.39, 0.29) is 5.41 Å². The van der Waals surface area contributed by atoms with E-state index < -0.39 is 9.04 Å². The number of hydrogen-bond acceptors (Lipinski definition) is 1. The third-order valence-corrected chi connectivity index (χ3v) is 4.62. The van der Waals surface area contributed by atoms with Crippen LogP contribution in [-0.4, -0.2) is 9.04 Å². The van der Waals surface area contributed by atoms with Crippen LogP contribution in [0.2, 0.25) is 13.1 Å². The van der Waals surface area contributed by atoms with Gasteiger partial charge in [-0.1, -0.05) is 61.0 Å². The predicted octanol–water partition coefficient (Wildman–Crippen LogP) is 5.78. The van der Waals surface area contributed by atoms with Gasteiger partial charge in [0.2, 0.25) is 9.04 Å². The summed E-state index contributed by atoms with van der Waals surface area (Å²) in [6, 6.07) is 15.0. The van der Waals surface area contributed by atoms with E-state index in [0.29, 0.717) is 0 Å². The summed E-state index contributed by atoms with van der Waals surface area (Å²) in [5.74, 6) is 1.02. The van der Waals surface area contributed by atoms with Gasteiger partial charge < -0.3 is 4.43 Å². The molecule has 3 heteroatoms. The molecular formula is C18H23BrOSi. The van der Waals surface area contributed by atoms with Gasteiger partial charge in [-0.15, -0.1) is 0 Å². The Kier molecular flexibility index (Phi) is 4.94. The molecule has 2 rings (SSSR count). The van der Waals surface area contributed by atoms with Crippen molar-refractivity contribution >= 4 is 25.0 Å². The molecule has 0 radical (unpaired) electrons. The molecular weight excluding hydrogens is 340 g/mol. The predicted molar refractivity (Wildman–Crippen MR) is 97.8 cm³/mol. The van der Waals surface area contributed by atoms with Crippen molar-refractivity contribution in [2.24, 2.45) is 0 Å². The molecule has 0 saturated heterocycles. The van der Waals surface area contributed by atoms with E-state index in [1.54, 1.807) is 0 Å². The molecule has 0 atom stereocenters. The lowest BCUT2D eigenvalue weighted by atomic mass is 9.86. The minimum Gasteiger partial charge on any atom is -0.547 e. The van der Waals surface area contributed by atoms with Crippen LogP contribution in [0.15, 0.2) is 46.9 Å². The summed E-state index contributed by atoms with van der Waals surface area (Å²) in [7, 11) is -1.14. The van der Waals surface area contributed by atoms with Crippen molar-refractivity contribution in [1.82, 2.24) is 0 Å². The van der Waals surface area contributed by atoms with E-state index in [4.69, 9.17) is 4.43 Å². The van der Waals surface area contributed by atoms with Crippen LogP contribution in [0.25, 0.3) is 11.1 Å².